The van der Waals surface area contributed by atoms with E-state index >= 15 is 0 Å². The monoisotopic (exact) mass is 467 g/mol. The molecule has 0 fully saturated rings. The number of ether oxygens (including phenoxy) is 2. The van der Waals surface area contributed by atoms with Gasteiger partial charge in [0, 0.05) is 32.6 Å². The number of nitrogens with zero attached hydrogens (tertiary/aromatic N) is 4. The van der Waals surface area contributed by atoms with E-state index in [0.717, 1.165) is 61.3 Å². The minimum atomic E-state index is -0.346. The van der Waals surface area contributed by atoms with E-state index in [2.05, 4.69) is 31.0 Å². The number of methoxy groups -OCH3 is 1. The van der Waals surface area contributed by atoms with Crippen molar-refractivity contribution in [2.24, 2.45) is 0 Å². The Hall–Kier alpha value is -3.46. The Labute approximate surface area is 198 Å². The van der Waals surface area contributed by atoms with Gasteiger partial charge in [0.15, 0.2) is 17.3 Å². The standard InChI is InChI=1S/C25H30FN5O3/c1-3-34-22-14-19(7-8-21(22)33-2)17-30-10-9-23-28-29-24(31(23)12-11-30)16-27-25(32)15-18-5-4-6-20(26)13-18/h4-8,13-14H,3,9-12,15-17H2,1-2H3,(H,27,32). The molecule has 0 radical (unpaired) electrons. The molecule has 0 saturated carbocycles. The lowest BCUT2D eigenvalue weighted by molar-refractivity contribution is -0.120. The molecule has 0 aliphatic carbocycles. The molecule has 4 rings (SSSR count). The van der Waals surface area contributed by atoms with Crippen molar-refractivity contribution in [3.05, 3.63) is 71.1 Å². The summed E-state index contributed by atoms with van der Waals surface area (Å²) in [6, 6.07) is 12.1. The maximum absolute atomic E-state index is 13.3. The number of aromatic nitrogens is 3. The van der Waals surface area contributed by atoms with Crippen molar-refractivity contribution >= 4 is 5.91 Å². The summed E-state index contributed by atoms with van der Waals surface area (Å²) >= 11 is 0. The van der Waals surface area contributed by atoms with Crippen LogP contribution in [-0.4, -0.2) is 52.4 Å². The number of nitrogens with one attached hydrogen (secondary N) is 1. The Morgan fingerprint density at radius 3 is 2.76 bits per heavy atom. The van der Waals surface area contributed by atoms with E-state index in [1.165, 1.54) is 12.1 Å². The fraction of sp³-hybridized carbons (Fsp3) is 0.400. The summed E-state index contributed by atoms with van der Waals surface area (Å²) in [5.74, 6) is 2.61. The van der Waals surface area contributed by atoms with Crippen molar-refractivity contribution < 1.29 is 18.7 Å². The van der Waals surface area contributed by atoms with Crippen molar-refractivity contribution in [2.75, 3.05) is 26.8 Å². The number of carbonyl (C=O) groups excluding carboxylic acids is 1. The molecule has 1 aliphatic rings. The number of rotatable bonds is 9. The number of hydrogen-bond acceptors (Lipinski definition) is 6. The van der Waals surface area contributed by atoms with Gasteiger partial charge in [0.05, 0.1) is 26.7 Å². The quantitative estimate of drug-likeness (QED) is 0.521. The van der Waals surface area contributed by atoms with Crippen LogP contribution in [0.2, 0.25) is 0 Å². The molecule has 2 heterocycles. The summed E-state index contributed by atoms with van der Waals surface area (Å²) < 4.78 is 26.5. The molecule has 1 amide bonds. The molecule has 9 heteroatoms. The van der Waals surface area contributed by atoms with Gasteiger partial charge in [-0.2, -0.15) is 0 Å². The second kappa shape index (κ2) is 11.1. The van der Waals surface area contributed by atoms with E-state index < -0.39 is 0 Å². The average molecular weight is 468 g/mol. The highest BCUT2D eigenvalue weighted by Crippen LogP contribution is 2.28. The number of fused-ring (bicyclic) bond motifs is 1. The lowest BCUT2D eigenvalue weighted by atomic mass is 10.1. The number of benzene rings is 2. The van der Waals surface area contributed by atoms with E-state index in [4.69, 9.17) is 9.47 Å². The van der Waals surface area contributed by atoms with Crippen molar-refractivity contribution in [1.29, 1.82) is 0 Å². The number of halogens is 1. The normalized spacial score (nSPS) is 13.7. The third-order valence-corrected chi connectivity index (χ3v) is 5.83. The van der Waals surface area contributed by atoms with Crippen LogP contribution in [0.15, 0.2) is 42.5 Å². The number of carbonyl (C=O) groups is 1. The first kappa shape index (κ1) is 23.7. The molecule has 1 N–H and O–H groups in total. The summed E-state index contributed by atoms with van der Waals surface area (Å²) in [5, 5.41) is 11.5. The first-order chi connectivity index (χ1) is 16.6. The van der Waals surface area contributed by atoms with Crippen LogP contribution in [-0.2, 0) is 37.3 Å². The van der Waals surface area contributed by atoms with Crippen LogP contribution < -0.4 is 14.8 Å². The predicted molar refractivity (Wildman–Crippen MR) is 125 cm³/mol. The van der Waals surface area contributed by atoms with E-state index in [9.17, 15) is 9.18 Å². The van der Waals surface area contributed by atoms with Crippen LogP contribution >= 0.6 is 0 Å². The third kappa shape index (κ3) is 5.91. The van der Waals surface area contributed by atoms with E-state index in [1.54, 1.807) is 19.2 Å². The minimum absolute atomic E-state index is 0.123. The van der Waals surface area contributed by atoms with Crippen LogP contribution in [0.5, 0.6) is 11.5 Å². The summed E-state index contributed by atoms with van der Waals surface area (Å²) in [5.41, 5.74) is 1.80. The zero-order valence-electron chi connectivity index (χ0n) is 19.6. The second-order valence-corrected chi connectivity index (χ2v) is 8.21. The highest BCUT2D eigenvalue weighted by atomic mass is 19.1. The maximum Gasteiger partial charge on any atom is 0.224 e. The number of amides is 1. The summed E-state index contributed by atoms with van der Waals surface area (Å²) in [6.07, 6.45) is 0.900. The van der Waals surface area contributed by atoms with Crippen molar-refractivity contribution in [3.8, 4) is 11.5 Å². The molecule has 180 valence electrons. The lowest BCUT2D eigenvalue weighted by Crippen LogP contribution is -2.28. The molecule has 0 atom stereocenters. The average Bonchev–Trinajstić information content (AvgIpc) is 3.10. The molecule has 1 aromatic heterocycles. The minimum Gasteiger partial charge on any atom is -0.493 e. The lowest BCUT2D eigenvalue weighted by Gasteiger charge is -2.20. The molecule has 2 aromatic carbocycles. The highest BCUT2D eigenvalue weighted by molar-refractivity contribution is 5.78. The molecule has 34 heavy (non-hydrogen) atoms. The zero-order valence-corrected chi connectivity index (χ0v) is 19.6. The van der Waals surface area contributed by atoms with Crippen LogP contribution in [0.3, 0.4) is 0 Å². The summed E-state index contributed by atoms with van der Waals surface area (Å²) in [4.78, 5) is 14.7. The van der Waals surface area contributed by atoms with Crippen molar-refractivity contribution in [1.82, 2.24) is 25.0 Å². The number of hydrogen-bond donors (Lipinski definition) is 1. The second-order valence-electron chi connectivity index (χ2n) is 8.21. The van der Waals surface area contributed by atoms with Crippen LogP contribution in [0.4, 0.5) is 4.39 Å². The van der Waals surface area contributed by atoms with E-state index in [0.29, 0.717) is 12.2 Å². The van der Waals surface area contributed by atoms with Crippen molar-refractivity contribution in [3.63, 3.8) is 0 Å². The summed E-state index contributed by atoms with van der Waals surface area (Å²) in [7, 11) is 1.64. The summed E-state index contributed by atoms with van der Waals surface area (Å²) in [6.45, 7) is 6.06. The van der Waals surface area contributed by atoms with E-state index in [1.807, 2.05) is 19.1 Å². The Bertz CT molecular complexity index is 1130. The Kier molecular flexibility index (Phi) is 7.74. The van der Waals surface area contributed by atoms with Gasteiger partial charge in [-0.05, 0) is 42.3 Å². The topological polar surface area (TPSA) is 81.5 Å². The van der Waals surface area contributed by atoms with Gasteiger partial charge in [-0.3, -0.25) is 9.69 Å². The van der Waals surface area contributed by atoms with Crippen LogP contribution in [0, 0.1) is 5.82 Å². The first-order valence-electron chi connectivity index (χ1n) is 11.5. The molecule has 0 unspecified atom stereocenters. The van der Waals surface area contributed by atoms with Gasteiger partial charge < -0.3 is 19.4 Å². The fourth-order valence-corrected chi connectivity index (χ4v) is 4.13. The molecule has 1 aliphatic heterocycles. The molecule has 3 aromatic rings. The Morgan fingerprint density at radius 1 is 1.09 bits per heavy atom. The van der Waals surface area contributed by atoms with Crippen LogP contribution in [0.25, 0.3) is 0 Å². The third-order valence-electron chi connectivity index (χ3n) is 5.83. The van der Waals surface area contributed by atoms with Gasteiger partial charge in [0.25, 0.3) is 0 Å². The van der Waals surface area contributed by atoms with Gasteiger partial charge in [0.2, 0.25) is 5.91 Å². The fourth-order valence-electron chi connectivity index (χ4n) is 4.13. The predicted octanol–water partition coefficient (Wildman–Crippen LogP) is 2.74. The van der Waals surface area contributed by atoms with Gasteiger partial charge in [-0.15, -0.1) is 10.2 Å². The molecule has 0 bridgehead atoms. The molecule has 0 saturated heterocycles. The molecule has 8 nitrogen and oxygen atoms in total. The molecule has 0 spiro atoms. The van der Waals surface area contributed by atoms with Gasteiger partial charge in [0.1, 0.15) is 11.6 Å². The Morgan fingerprint density at radius 2 is 1.97 bits per heavy atom. The maximum atomic E-state index is 13.3. The highest BCUT2D eigenvalue weighted by Gasteiger charge is 2.19. The smallest absolute Gasteiger partial charge is 0.224 e. The molecular formula is C25H30FN5O3. The van der Waals surface area contributed by atoms with Gasteiger partial charge in [-0.25, -0.2) is 4.39 Å². The van der Waals surface area contributed by atoms with Gasteiger partial charge >= 0.3 is 0 Å². The molecular weight excluding hydrogens is 437 g/mol. The van der Waals surface area contributed by atoms with Crippen LogP contribution in [0.1, 0.15) is 29.7 Å². The SMILES string of the molecule is CCOc1cc(CN2CCc3nnc(CNC(=O)Cc4cccc(F)c4)n3CC2)ccc1OC. The van der Waals surface area contributed by atoms with Crippen molar-refractivity contribution in [2.45, 2.75) is 39.4 Å². The first-order valence-corrected chi connectivity index (χ1v) is 11.5. The van der Waals surface area contributed by atoms with Gasteiger partial charge in [-0.1, -0.05) is 18.2 Å². The Balaban J connectivity index is 1.33. The van der Waals surface area contributed by atoms with E-state index in [-0.39, 0.29) is 24.7 Å². The largest absolute Gasteiger partial charge is 0.493 e. The zero-order chi connectivity index (χ0) is 23.9.